The number of fused-ring (bicyclic) bond motifs is 4. The zero-order valence-electron chi connectivity index (χ0n) is 32.4. The molecular formula is C40H68O14. The Bertz CT molecular complexity index is 1030. The Morgan fingerprint density at radius 3 is 0.963 bits per heavy atom. The van der Waals surface area contributed by atoms with E-state index in [9.17, 15) is 20.4 Å². The van der Waals surface area contributed by atoms with Crippen LogP contribution in [0.25, 0.3) is 0 Å². The van der Waals surface area contributed by atoms with E-state index in [1.54, 1.807) is 14.2 Å². The molecule has 4 aliphatic heterocycles. The number of aliphatic hydroxyl groups excluding tert-OH is 4. The Morgan fingerprint density at radius 1 is 0.389 bits per heavy atom. The maximum absolute atomic E-state index is 10.4. The highest BCUT2D eigenvalue weighted by Crippen LogP contribution is 2.43. The average Bonchev–Trinajstić information content (AvgIpc) is 3.99. The summed E-state index contributed by atoms with van der Waals surface area (Å²) >= 11 is 0. The number of rotatable bonds is 22. The minimum atomic E-state index is -0.478. The number of hydrogen-bond acceptors (Lipinski definition) is 14. The SMILES string of the molecule is COCC(COCC(O)C1CCC2OC2C1)OCC(O)C1CCC2OC2C1.COCC(COCC(O)C1CCC2OC2C1)OCC(O)C1CCC2OC2C1. The van der Waals surface area contributed by atoms with E-state index < -0.39 is 24.4 Å². The lowest BCUT2D eigenvalue weighted by Gasteiger charge is -2.27. The van der Waals surface area contributed by atoms with Crippen LogP contribution in [0, 0.1) is 23.7 Å². The highest BCUT2D eigenvalue weighted by atomic mass is 16.6. The Morgan fingerprint density at radius 2 is 0.685 bits per heavy atom. The highest BCUT2D eigenvalue weighted by Gasteiger charge is 2.48. The molecule has 8 aliphatic rings. The van der Waals surface area contributed by atoms with E-state index in [4.69, 9.17) is 47.4 Å². The third-order valence-corrected chi connectivity index (χ3v) is 13.3. The van der Waals surface area contributed by atoms with Gasteiger partial charge in [-0.25, -0.2) is 0 Å². The molecule has 0 aromatic rings. The molecule has 0 aromatic carbocycles. The molecule has 4 aliphatic carbocycles. The average molecular weight is 773 g/mol. The summed E-state index contributed by atoms with van der Waals surface area (Å²) in [5.74, 6) is 1.02. The zero-order valence-corrected chi connectivity index (χ0v) is 32.4. The second-order valence-corrected chi connectivity index (χ2v) is 17.3. The Labute approximate surface area is 320 Å². The first-order chi connectivity index (χ1) is 26.3. The van der Waals surface area contributed by atoms with Crippen LogP contribution in [0.2, 0.25) is 0 Å². The lowest BCUT2D eigenvalue weighted by Crippen LogP contribution is -2.35. The largest absolute Gasteiger partial charge is 0.390 e. The van der Waals surface area contributed by atoms with Crippen molar-refractivity contribution in [2.75, 3.05) is 67.1 Å². The van der Waals surface area contributed by atoms with Crippen LogP contribution in [0.3, 0.4) is 0 Å². The van der Waals surface area contributed by atoms with Crippen LogP contribution in [0.1, 0.15) is 77.0 Å². The van der Waals surface area contributed by atoms with E-state index >= 15 is 0 Å². The minimum Gasteiger partial charge on any atom is -0.390 e. The lowest BCUT2D eigenvalue weighted by atomic mass is 9.85. The molecule has 0 aromatic heterocycles. The maximum atomic E-state index is 10.4. The van der Waals surface area contributed by atoms with E-state index in [0.29, 0.717) is 88.5 Å². The van der Waals surface area contributed by atoms with Crippen LogP contribution >= 0.6 is 0 Å². The molecule has 0 radical (unpaired) electrons. The second-order valence-electron chi connectivity index (χ2n) is 17.3. The van der Waals surface area contributed by atoms with Gasteiger partial charge in [-0.15, -0.1) is 0 Å². The second kappa shape index (κ2) is 19.9. The maximum Gasteiger partial charge on any atom is 0.104 e. The summed E-state index contributed by atoms with van der Waals surface area (Å²) in [5, 5.41) is 41.6. The van der Waals surface area contributed by atoms with Crippen molar-refractivity contribution in [2.24, 2.45) is 23.7 Å². The van der Waals surface area contributed by atoms with Crippen LogP contribution in [-0.4, -0.2) is 173 Å². The predicted molar refractivity (Wildman–Crippen MR) is 193 cm³/mol. The van der Waals surface area contributed by atoms with Crippen molar-refractivity contribution < 1.29 is 67.8 Å². The fraction of sp³-hybridized carbons (Fsp3) is 1.00. The molecular weight excluding hydrogens is 704 g/mol. The first kappa shape index (κ1) is 41.6. The molecule has 18 atom stereocenters. The molecule has 14 nitrogen and oxygen atoms in total. The van der Waals surface area contributed by atoms with E-state index in [1.807, 2.05) is 0 Å². The minimum absolute atomic E-state index is 0.243. The van der Waals surface area contributed by atoms with E-state index in [1.165, 1.54) is 0 Å². The fourth-order valence-corrected chi connectivity index (χ4v) is 9.45. The monoisotopic (exact) mass is 772 g/mol. The summed E-state index contributed by atoms with van der Waals surface area (Å²) in [6.45, 7) is 2.69. The predicted octanol–water partition coefficient (Wildman–Crippen LogP) is 1.78. The number of methoxy groups -OCH3 is 2. The van der Waals surface area contributed by atoms with Gasteiger partial charge in [-0.05, 0) is 101 Å². The molecule has 0 spiro atoms. The van der Waals surface area contributed by atoms with Crippen molar-refractivity contribution in [2.45, 2.75) is 163 Å². The summed E-state index contributed by atoms with van der Waals surface area (Å²) in [5.41, 5.74) is 0. The van der Waals surface area contributed by atoms with Crippen LogP contribution in [0.4, 0.5) is 0 Å². The van der Waals surface area contributed by atoms with Gasteiger partial charge in [0.15, 0.2) is 0 Å². The van der Waals surface area contributed by atoms with Crippen LogP contribution in [0.5, 0.6) is 0 Å². The number of aliphatic hydroxyl groups is 4. The molecule has 8 fully saturated rings. The standard InChI is InChI=1S/2C20H34O7/c2*1-23-8-14(25-11-16(22)13-3-5-18-20(7-13)27-18)9-24-10-15(21)12-2-4-17-19(6-12)26-17/h2*12-22H,2-11H2,1H3. The van der Waals surface area contributed by atoms with Crippen molar-refractivity contribution in [1.82, 2.24) is 0 Å². The first-order valence-electron chi connectivity index (χ1n) is 21.0. The molecule has 14 heteroatoms. The van der Waals surface area contributed by atoms with Crippen molar-refractivity contribution in [3.05, 3.63) is 0 Å². The summed E-state index contributed by atoms with van der Waals surface area (Å²) in [4.78, 5) is 0. The van der Waals surface area contributed by atoms with Gasteiger partial charge in [0.05, 0.1) is 126 Å². The fourth-order valence-electron chi connectivity index (χ4n) is 9.45. The van der Waals surface area contributed by atoms with Gasteiger partial charge in [0.2, 0.25) is 0 Å². The summed E-state index contributed by atoms with van der Waals surface area (Å²) < 4.78 is 55.7. The van der Waals surface area contributed by atoms with Gasteiger partial charge in [0.1, 0.15) is 12.2 Å². The molecule has 18 unspecified atom stereocenters. The van der Waals surface area contributed by atoms with Gasteiger partial charge in [-0.3, -0.25) is 0 Å². The summed E-state index contributed by atoms with van der Waals surface area (Å²) in [6, 6.07) is 0. The van der Waals surface area contributed by atoms with Gasteiger partial charge in [-0.2, -0.15) is 0 Å². The molecule has 4 saturated heterocycles. The van der Waals surface area contributed by atoms with Gasteiger partial charge >= 0.3 is 0 Å². The summed E-state index contributed by atoms with van der Waals surface area (Å²) in [7, 11) is 3.25. The van der Waals surface area contributed by atoms with Crippen molar-refractivity contribution in [1.29, 1.82) is 0 Å². The smallest absolute Gasteiger partial charge is 0.104 e. The molecule has 4 saturated carbocycles. The number of hydrogen-bond donors (Lipinski definition) is 4. The molecule has 4 N–H and O–H groups in total. The molecule has 0 bridgehead atoms. The molecule has 54 heavy (non-hydrogen) atoms. The van der Waals surface area contributed by atoms with E-state index in [2.05, 4.69) is 0 Å². The van der Waals surface area contributed by atoms with Gasteiger partial charge in [-0.1, -0.05) is 0 Å². The van der Waals surface area contributed by atoms with Crippen molar-refractivity contribution >= 4 is 0 Å². The highest BCUT2D eigenvalue weighted by molar-refractivity contribution is 4.96. The Kier molecular flexibility index (Phi) is 15.4. The normalized spacial score (nSPS) is 40.6. The Hall–Kier alpha value is -0.560. The van der Waals surface area contributed by atoms with Crippen LogP contribution < -0.4 is 0 Å². The Balaban J connectivity index is 0.000000167. The molecule has 4 heterocycles. The quantitative estimate of drug-likeness (QED) is 0.117. The van der Waals surface area contributed by atoms with Crippen LogP contribution in [0.15, 0.2) is 0 Å². The summed E-state index contributed by atoms with van der Waals surface area (Å²) in [6.07, 6.45) is 12.8. The van der Waals surface area contributed by atoms with Gasteiger partial charge < -0.3 is 67.8 Å². The van der Waals surface area contributed by atoms with Crippen LogP contribution in [-0.2, 0) is 47.4 Å². The van der Waals surface area contributed by atoms with Crippen molar-refractivity contribution in [3.8, 4) is 0 Å². The molecule has 312 valence electrons. The zero-order chi connectivity index (χ0) is 37.6. The third-order valence-electron chi connectivity index (χ3n) is 13.3. The third kappa shape index (κ3) is 12.2. The van der Waals surface area contributed by atoms with E-state index in [-0.39, 0.29) is 49.1 Å². The van der Waals surface area contributed by atoms with Gasteiger partial charge in [0.25, 0.3) is 0 Å². The lowest BCUT2D eigenvalue weighted by molar-refractivity contribution is -0.0978. The van der Waals surface area contributed by atoms with Crippen molar-refractivity contribution in [3.63, 3.8) is 0 Å². The number of ether oxygens (including phenoxy) is 10. The molecule has 8 rings (SSSR count). The molecule has 0 amide bonds. The number of epoxide rings is 4. The van der Waals surface area contributed by atoms with Gasteiger partial charge in [0, 0.05) is 14.2 Å². The topological polar surface area (TPSA) is 186 Å². The van der Waals surface area contributed by atoms with E-state index in [0.717, 1.165) is 77.0 Å². The first-order valence-corrected chi connectivity index (χ1v) is 21.0.